The zero-order chi connectivity index (χ0) is 95.1. The van der Waals surface area contributed by atoms with Crippen molar-refractivity contribution in [1.82, 2.24) is 29.5 Å². The molecule has 0 amide bonds. The van der Waals surface area contributed by atoms with Crippen molar-refractivity contribution in [2.45, 2.75) is 306 Å². The molecule has 5 saturated heterocycles. The lowest BCUT2D eigenvalue weighted by Gasteiger charge is -2.75. The summed E-state index contributed by atoms with van der Waals surface area (Å²) < 4.78 is 37.6. The number of H-pyrrole nitrogens is 1. The van der Waals surface area contributed by atoms with Gasteiger partial charge >= 0.3 is 0 Å². The summed E-state index contributed by atoms with van der Waals surface area (Å²) in [5, 5.41) is 112. The van der Waals surface area contributed by atoms with Gasteiger partial charge in [0.05, 0.1) is 45.5 Å². The number of benzene rings is 6. The minimum Gasteiger partial charge on any atom is -0.504 e. The van der Waals surface area contributed by atoms with E-state index in [1.807, 2.05) is 70.2 Å². The normalized spacial score (nSPS) is 41.0. The smallest absolute Gasteiger partial charge is 0.174 e. The maximum absolute atomic E-state index is 12.7. The topological polar surface area (TPSA) is 307 Å². The number of methoxy groups -OCH3 is 1. The highest BCUT2D eigenvalue weighted by molar-refractivity contribution is 5.90. The molecule has 6 aromatic carbocycles. The summed E-state index contributed by atoms with van der Waals surface area (Å²) >= 11 is 0. The van der Waals surface area contributed by atoms with Crippen LogP contribution in [0.1, 0.15) is 224 Å². The van der Waals surface area contributed by atoms with Crippen LogP contribution in [0.15, 0.2) is 122 Å². The largest absolute Gasteiger partial charge is 0.504 e. The number of ether oxygens (including phenoxy) is 6. The van der Waals surface area contributed by atoms with Gasteiger partial charge in [-0.15, -0.1) is 6.58 Å². The molecule has 1 unspecified atom stereocenters. The monoisotopic (exact) mass is 1890 g/mol. The maximum atomic E-state index is 12.7. The molecule has 11 heterocycles. The Kier molecular flexibility index (Phi) is 18.5. The SMILES string of the molecule is C=CCN1CC[C@]23c4c5ccc(O)c4O[C@H]2[C@@H](O)C=C[C@H]3[C@H]1C5.CC(C)(O)[C@H]1C[C@@]23C=C[C@]1(C)[C@@H]1Oc4c(O)ccc5c4[C@@]12CCN(CC1CC1)[C@@H]3C5.CC(C)(O)[C@H]1C[C@@]23CC[C@]1(C)[C@@H]1Oc4c(O)ccc5c4[C@@]12CCN(CC1CC1)[C@@H]3C5.COCCN1CC[C@]23c4c5ccc(O)c4O[C@H]2C(=O)CC[C@@]3(O)C1C5.Oc1ccc2c3c1O[C@H]1c4[nH]c5ccccc5c4C[C@@]4(O)[C@@H](C2)N(CC2CC2)CC[C@]314. The first-order valence-electron chi connectivity index (χ1n) is 53.2. The zero-order valence-electron chi connectivity index (χ0n) is 81.6. The van der Waals surface area contributed by atoms with E-state index in [0.717, 1.165) is 186 Å². The van der Waals surface area contributed by atoms with Gasteiger partial charge in [-0.3, -0.25) is 29.3 Å². The van der Waals surface area contributed by atoms with Gasteiger partial charge in [0.1, 0.15) is 24.4 Å². The first-order chi connectivity index (χ1) is 66.7. The molecule has 13 fully saturated rings. The summed E-state index contributed by atoms with van der Waals surface area (Å²) in [6, 6.07) is 29.0. The van der Waals surface area contributed by atoms with Crippen molar-refractivity contribution in [3.8, 4) is 57.5 Å². The lowest BCUT2D eigenvalue weighted by atomic mass is 9.32. The molecule has 17 aliphatic carbocycles. The van der Waals surface area contributed by atoms with Gasteiger partial charge in [-0.25, -0.2) is 0 Å². The average molecular weight is 1890 g/mol. The number of likely N-dealkylation sites (tertiary alicyclic amines) is 5. The number of phenolic OH excluding ortho intramolecular Hbond substituents is 5. The molecule has 11 N–H and O–H groups in total. The van der Waals surface area contributed by atoms with Gasteiger partial charge in [0.25, 0.3) is 0 Å². The van der Waals surface area contributed by atoms with E-state index in [1.165, 1.54) is 102 Å². The summed E-state index contributed by atoms with van der Waals surface area (Å²) in [5.74, 6) is 7.47. The number of nitrogens with zero attached hydrogens (tertiary/aromatic N) is 5. The van der Waals surface area contributed by atoms with E-state index in [4.69, 9.17) is 28.4 Å². The Hall–Kier alpha value is -8.69. The van der Waals surface area contributed by atoms with Crippen molar-refractivity contribution < 1.29 is 84.3 Å². The fourth-order valence-electron chi connectivity index (χ4n) is 37.2. The van der Waals surface area contributed by atoms with Gasteiger partial charge in [0.15, 0.2) is 75.5 Å². The summed E-state index contributed by atoms with van der Waals surface area (Å²) in [4.78, 5) is 29.3. The van der Waals surface area contributed by atoms with Gasteiger partial charge < -0.3 is 84.5 Å². The van der Waals surface area contributed by atoms with Crippen LogP contribution in [0.25, 0.3) is 10.9 Å². The number of para-hydroxylation sites is 1. The summed E-state index contributed by atoms with van der Waals surface area (Å²) in [7, 11) is 1.69. The Balaban J connectivity index is 0.0000000858. The molecule has 34 rings (SSSR count). The fourth-order valence-corrected chi connectivity index (χ4v) is 37.2. The van der Waals surface area contributed by atoms with Crippen molar-refractivity contribution >= 4 is 16.7 Å². The van der Waals surface area contributed by atoms with Crippen LogP contribution in [-0.4, -0.2) is 249 Å². The number of ketones is 1. The summed E-state index contributed by atoms with van der Waals surface area (Å²) in [5.41, 5.74) is 10.4. The van der Waals surface area contributed by atoms with Crippen LogP contribution >= 0.6 is 0 Å². The molecule has 139 heavy (non-hydrogen) atoms. The third kappa shape index (κ3) is 11.1. The highest BCUT2D eigenvalue weighted by Crippen LogP contribution is 2.82. The standard InChI is InChI=1S/C26H26N2O3.C26H35NO3.C26H33NO3.C19H23NO5.C19H21NO3/c29-19-8-7-15-11-20-26(30)12-17-16-3-1-2-4-18(16)27-22(17)24-25(26,21(15)23(19)31-24)9-10-28(20)13-14-5-6-14;2*1-23(2,29)18-13-25-9-8-24(18,3)22-26(25)10-11-27(14-15-4-5-15)19(25)12-16-6-7-17(28)21(30-22)20(16)26;1-24-9-8-20-7-6-18-15-11-2-3-12(21)16(15)25-17(18)13(22)4-5-19(18,23)14(20)10-11;1-2-8-20-9-7-19-12-4-6-15(22)18(19)23-17-14(21)5-3-11(16(17)19)10-13(12)20/h1-4,7-8,14,20,24,27,29-30H,5-6,9-13H2;6-7,15,18-19,22,28-29H,4-5,8-14H2,1-3H3;6-9,15,18-19,22,28-29H,4-5,10-14H2,1-3H3;2-3,14,17,21,23H,4-10H2,1H3;2-6,12-13,15,18,21-22H,1,7-10H2/t20-,24+,25+,26-;2*18-,19-,22+,24+,25-,26+;14?,17-,18-,19+;12-,13+,15-,18-,19-/m11100/s1. The van der Waals surface area contributed by atoms with E-state index < -0.39 is 45.4 Å². The molecule has 7 aromatic rings. The zero-order valence-corrected chi connectivity index (χ0v) is 81.6. The minimum atomic E-state index is -1.01. The molecule has 8 saturated carbocycles. The number of aromatic hydroxyl groups is 5. The van der Waals surface area contributed by atoms with Gasteiger partial charge in [-0.05, 0) is 289 Å². The number of aliphatic hydroxyl groups is 5. The predicted molar refractivity (Wildman–Crippen MR) is 522 cm³/mol. The lowest BCUT2D eigenvalue weighted by Crippen LogP contribution is -2.79. The Morgan fingerprint density at radius 3 is 1.62 bits per heavy atom. The third-order valence-electron chi connectivity index (χ3n) is 43.1. The van der Waals surface area contributed by atoms with Crippen molar-refractivity contribution in [2.75, 3.05) is 79.2 Å². The van der Waals surface area contributed by atoms with E-state index in [1.54, 1.807) is 25.3 Å². The molecule has 7 spiro atoms. The van der Waals surface area contributed by atoms with Crippen LogP contribution in [0.3, 0.4) is 0 Å². The van der Waals surface area contributed by atoms with E-state index >= 15 is 0 Å². The molecule has 1 aromatic heterocycles. The highest BCUT2D eigenvalue weighted by atomic mass is 16.5. The Morgan fingerprint density at radius 1 is 0.511 bits per heavy atom. The van der Waals surface area contributed by atoms with Gasteiger partial charge in [-0.1, -0.05) is 92.8 Å². The predicted octanol–water partition coefficient (Wildman–Crippen LogP) is 13.9. The van der Waals surface area contributed by atoms with E-state index in [9.17, 15) is 55.9 Å². The average Bonchev–Trinajstić information content (AvgIpc) is 0.823. The Bertz CT molecular complexity index is 6450. The molecule has 10 aliphatic heterocycles. The Morgan fingerprint density at radius 2 is 1.01 bits per heavy atom. The van der Waals surface area contributed by atoms with Crippen LogP contribution in [0, 0.1) is 57.2 Å². The van der Waals surface area contributed by atoms with E-state index in [0.29, 0.717) is 85.8 Å². The van der Waals surface area contributed by atoms with Crippen LogP contribution < -0.4 is 23.7 Å². The number of aromatic amines is 1. The van der Waals surface area contributed by atoms with Crippen molar-refractivity contribution in [2.24, 2.45) is 57.2 Å². The number of phenols is 5. The van der Waals surface area contributed by atoms with Crippen LogP contribution in [0.2, 0.25) is 0 Å². The number of hydrogen-bond acceptors (Lipinski definition) is 22. The number of rotatable bonds is 13. The van der Waals surface area contributed by atoms with Crippen molar-refractivity contribution in [3.63, 3.8) is 0 Å². The second-order valence-corrected chi connectivity index (χ2v) is 49.9. The van der Waals surface area contributed by atoms with Crippen molar-refractivity contribution in [1.29, 1.82) is 0 Å². The number of piperidine rings is 5. The second kappa shape index (κ2) is 29.1. The number of fused-ring (bicyclic) bond motifs is 7. The number of aromatic nitrogens is 1. The van der Waals surface area contributed by atoms with Crippen LogP contribution in [0.5, 0.6) is 57.5 Å². The molecular formula is C116H138N6O17. The van der Waals surface area contributed by atoms with Crippen LogP contribution in [-0.2, 0) is 75.1 Å². The molecule has 0 radical (unpaired) electrons. The van der Waals surface area contributed by atoms with Crippen LogP contribution in [0.4, 0.5) is 0 Å². The first kappa shape index (κ1) is 88.0. The first-order valence-corrected chi connectivity index (χ1v) is 53.2. The second-order valence-electron chi connectivity index (χ2n) is 49.9. The number of nitrogens with one attached hydrogen (secondary N) is 1. The highest BCUT2D eigenvalue weighted by Gasteiger charge is 2.83. The van der Waals surface area contributed by atoms with E-state index in [2.05, 4.69) is 105 Å². The molecule has 25 atom stereocenters. The van der Waals surface area contributed by atoms with Crippen molar-refractivity contribution in [3.05, 3.63) is 189 Å². The van der Waals surface area contributed by atoms with Gasteiger partial charge in [0, 0.05) is 171 Å². The summed E-state index contributed by atoms with van der Waals surface area (Å²) in [6.07, 6.45) is 32.4. The quantitative estimate of drug-likeness (QED) is 0.0478. The molecule has 14 bridgehead atoms. The number of carbonyl (C=O) groups excluding carboxylic acids is 1. The van der Waals surface area contributed by atoms with E-state index in [-0.39, 0.29) is 115 Å². The third-order valence-corrected chi connectivity index (χ3v) is 43.1. The van der Waals surface area contributed by atoms with Gasteiger partial charge in [0.2, 0.25) is 0 Å². The molecule has 734 valence electrons. The number of aliphatic hydroxyl groups excluding tert-OH is 1. The number of hydrogen-bond donors (Lipinski definition) is 11. The number of Topliss-reactive ketones (excluding diaryl/α,β-unsaturated/α-hetero) is 1. The molecular weight excluding hydrogens is 1750 g/mol. The molecule has 23 nitrogen and oxygen atoms in total. The molecule has 27 aliphatic rings. The van der Waals surface area contributed by atoms with Gasteiger partial charge in [-0.2, -0.15) is 0 Å². The lowest BCUT2D eigenvalue weighted by molar-refractivity contribution is -0.260. The Labute approximate surface area is 813 Å². The summed E-state index contributed by atoms with van der Waals surface area (Å²) in [6.45, 7) is 27.4. The minimum absolute atomic E-state index is 0.00806. The number of carbonyl (C=O) groups is 1. The fraction of sp³-hybridized carbons (Fsp3) is 0.612. The maximum Gasteiger partial charge on any atom is 0.174 e. The molecule has 23 heteroatoms.